The summed E-state index contributed by atoms with van der Waals surface area (Å²) in [6.45, 7) is 0. The highest BCUT2D eigenvalue weighted by atomic mass is 16.6. The Bertz CT molecular complexity index is 1020. The van der Waals surface area contributed by atoms with Gasteiger partial charge in [-0.2, -0.15) is 0 Å². The van der Waals surface area contributed by atoms with Gasteiger partial charge in [0.15, 0.2) is 23.6 Å². The molecule has 0 amide bonds. The first-order valence-electron chi connectivity index (χ1n) is 11.0. The van der Waals surface area contributed by atoms with Gasteiger partial charge in [-0.3, -0.25) is 14.4 Å². The van der Waals surface area contributed by atoms with Crippen LogP contribution in [0, 0.1) is 5.92 Å². The minimum atomic E-state index is -1.31. The number of ether oxygens (including phenoxy) is 1. The highest BCUT2D eigenvalue weighted by molar-refractivity contribution is 6.21. The van der Waals surface area contributed by atoms with Crippen LogP contribution in [-0.2, 0) is 25.5 Å². The maximum atomic E-state index is 13.1. The first kappa shape index (κ1) is 21.7. The van der Waals surface area contributed by atoms with Gasteiger partial charge in [-0.1, -0.05) is 91.0 Å². The second-order valence-electron chi connectivity index (χ2n) is 8.18. The van der Waals surface area contributed by atoms with Crippen LogP contribution in [0.5, 0.6) is 0 Å². The van der Waals surface area contributed by atoms with Crippen molar-refractivity contribution >= 4 is 17.5 Å². The van der Waals surface area contributed by atoms with Crippen LogP contribution >= 0.6 is 0 Å². The second kappa shape index (κ2) is 10.2. The van der Waals surface area contributed by atoms with Gasteiger partial charge in [0.05, 0.1) is 0 Å². The predicted molar refractivity (Wildman–Crippen MR) is 122 cm³/mol. The normalized spacial score (nSPS) is 18.0. The average molecular weight is 427 g/mol. The van der Waals surface area contributed by atoms with Gasteiger partial charge in [0.2, 0.25) is 0 Å². The van der Waals surface area contributed by atoms with Crippen LogP contribution < -0.4 is 0 Å². The lowest BCUT2D eigenvalue weighted by Gasteiger charge is -2.18. The van der Waals surface area contributed by atoms with Crippen molar-refractivity contribution in [2.45, 2.75) is 37.7 Å². The number of benzene rings is 3. The molecule has 0 aliphatic carbocycles. The summed E-state index contributed by atoms with van der Waals surface area (Å²) in [5, 5.41) is 0. The van der Waals surface area contributed by atoms with Crippen molar-refractivity contribution in [2.75, 3.05) is 0 Å². The Labute approximate surface area is 188 Å². The predicted octanol–water partition coefficient (Wildman–Crippen LogP) is 4.91. The van der Waals surface area contributed by atoms with Gasteiger partial charge < -0.3 is 4.74 Å². The molecule has 3 aromatic rings. The fourth-order valence-corrected chi connectivity index (χ4v) is 4.31. The molecule has 0 saturated carbocycles. The number of carbonyl (C=O) groups excluding carboxylic acids is 3. The van der Waals surface area contributed by atoms with E-state index in [2.05, 4.69) is 0 Å². The minimum absolute atomic E-state index is 0.0796. The molecule has 162 valence electrons. The fraction of sp³-hybridized carbons (Fsp3) is 0.250. The highest BCUT2D eigenvalue weighted by Gasteiger charge is 2.47. The van der Waals surface area contributed by atoms with Gasteiger partial charge in [0, 0.05) is 12.3 Å². The Balaban J connectivity index is 1.43. The number of esters is 1. The number of hydrogen-bond donors (Lipinski definition) is 0. The third kappa shape index (κ3) is 5.02. The summed E-state index contributed by atoms with van der Waals surface area (Å²) >= 11 is 0. The first-order valence-corrected chi connectivity index (χ1v) is 11.0. The molecule has 4 nitrogen and oxygen atoms in total. The molecule has 1 heterocycles. The van der Waals surface area contributed by atoms with E-state index in [0.29, 0.717) is 12.8 Å². The quantitative estimate of drug-likeness (QED) is 0.360. The van der Waals surface area contributed by atoms with Gasteiger partial charge in [-0.15, -0.1) is 0 Å². The van der Waals surface area contributed by atoms with Gasteiger partial charge in [-0.05, 0) is 36.0 Å². The third-order valence-electron chi connectivity index (χ3n) is 6.00. The van der Waals surface area contributed by atoms with E-state index in [0.717, 1.165) is 17.5 Å². The van der Waals surface area contributed by atoms with Crippen molar-refractivity contribution < 1.29 is 19.1 Å². The summed E-state index contributed by atoms with van der Waals surface area (Å²) in [5.41, 5.74) is 3.13. The molecule has 1 saturated heterocycles. The van der Waals surface area contributed by atoms with Crippen LogP contribution in [0.15, 0.2) is 91.0 Å². The van der Waals surface area contributed by atoms with E-state index in [1.54, 1.807) is 0 Å². The van der Waals surface area contributed by atoms with Crippen LogP contribution in [-0.4, -0.2) is 23.6 Å². The third-order valence-corrected chi connectivity index (χ3v) is 6.00. The zero-order valence-corrected chi connectivity index (χ0v) is 17.9. The molecule has 32 heavy (non-hydrogen) atoms. The molecular formula is C28H26O4. The van der Waals surface area contributed by atoms with Gasteiger partial charge in [0.25, 0.3) is 0 Å². The molecule has 4 rings (SSSR count). The molecule has 1 fully saturated rings. The van der Waals surface area contributed by atoms with E-state index < -0.39 is 23.8 Å². The van der Waals surface area contributed by atoms with E-state index in [1.165, 1.54) is 5.56 Å². The number of hydrogen-bond acceptors (Lipinski definition) is 4. The fourth-order valence-electron chi connectivity index (χ4n) is 4.31. The van der Waals surface area contributed by atoms with E-state index in [1.807, 2.05) is 91.0 Å². The zero-order chi connectivity index (χ0) is 22.3. The molecule has 0 aromatic heterocycles. The molecule has 2 atom stereocenters. The molecule has 0 spiro atoms. The number of cyclic esters (lactones) is 1. The Morgan fingerprint density at radius 3 is 1.88 bits per heavy atom. The molecular weight excluding hydrogens is 400 g/mol. The lowest BCUT2D eigenvalue weighted by Crippen LogP contribution is -2.29. The maximum absolute atomic E-state index is 13.1. The topological polar surface area (TPSA) is 60.4 Å². The van der Waals surface area contributed by atoms with Crippen molar-refractivity contribution in [1.82, 2.24) is 0 Å². The summed E-state index contributed by atoms with van der Waals surface area (Å²) < 4.78 is 5.33. The van der Waals surface area contributed by atoms with Crippen molar-refractivity contribution in [2.24, 2.45) is 5.92 Å². The monoisotopic (exact) mass is 426 g/mol. The first-order chi connectivity index (χ1) is 15.6. The number of Topliss-reactive ketones (excluding diaryl/α,β-unsaturated/α-hetero) is 2. The van der Waals surface area contributed by atoms with Crippen molar-refractivity contribution in [3.63, 3.8) is 0 Å². The Morgan fingerprint density at radius 1 is 0.781 bits per heavy atom. The number of ketones is 2. The molecule has 4 heteroatoms. The Morgan fingerprint density at radius 2 is 1.31 bits per heavy atom. The summed E-state index contributed by atoms with van der Waals surface area (Å²) in [6, 6.07) is 29.4. The number of carbonyl (C=O) groups is 3. The molecule has 2 unspecified atom stereocenters. The zero-order valence-electron chi connectivity index (χ0n) is 17.9. The molecule has 0 N–H and O–H groups in total. The Kier molecular flexibility index (Phi) is 6.90. The SMILES string of the molecule is O=C(CC(c1ccccc1)c1ccccc1)C1C(=O)OC(CCCc2ccccc2)C1=O. The van der Waals surface area contributed by atoms with Crippen LogP contribution in [0.1, 0.15) is 41.9 Å². The average Bonchev–Trinajstić information content (AvgIpc) is 3.12. The summed E-state index contributed by atoms with van der Waals surface area (Å²) in [7, 11) is 0. The second-order valence-corrected chi connectivity index (χ2v) is 8.18. The Hall–Kier alpha value is -3.53. The van der Waals surface area contributed by atoms with Gasteiger partial charge >= 0.3 is 5.97 Å². The smallest absolute Gasteiger partial charge is 0.325 e. The van der Waals surface area contributed by atoms with E-state index in [-0.39, 0.29) is 18.1 Å². The largest absolute Gasteiger partial charge is 0.453 e. The molecule has 1 aliphatic rings. The van der Waals surface area contributed by atoms with Crippen molar-refractivity contribution in [3.8, 4) is 0 Å². The molecule has 0 radical (unpaired) electrons. The minimum Gasteiger partial charge on any atom is -0.453 e. The van der Waals surface area contributed by atoms with E-state index in [9.17, 15) is 14.4 Å². The lowest BCUT2D eigenvalue weighted by molar-refractivity contribution is -0.147. The van der Waals surface area contributed by atoms with Crippen molar-refractivity contribution in [1.29, 1.82) is 0 Å². The summed E-state index contributed by atoms with van der Waals surface area (Å²) in [5.74, 6) is -3.00. The molecule has 3 aromatic carbocycles. The van der Waals surface area contributed by atoms with Crippen LogP contribution in [0.25, 0.3) is 0 Å². The van der Waals surface area contributed by atoms with Crippen LogP contribution in [0.3, 0.4) is 0 Å². The van der Waals surface area contributed by atoms with Crippen LogP contribution in [0.2, 0.25) is 0 Å². The van der Waals surface area contributed by atoms with Gasteiger partial charge in [-0.25, -0.2) is 0 Å². The molecule has 0 bridgehead atoms. The van der Waals surface area contributed by atoms with Crippen LogP contribution in [0.4, 0.5) is 0 Å². The summed E-state index contributed by atoms with van der Waals surface area (Å²) in [6.07, 6.45) is 1.20. The lowest BCUT2D eigenvalue weighted by atomic mass is 9.83. The van der Waals surface area contributed by atoms with Crippen molar-refractivity contribution in [3.05, 3.63) is 108 Å². The number of rotatable bonds is 9. The highest BCUT2D eigenvalue weighted by Crippen LogP contribution is 2.32. The van der Waals surface area contributed by atoms with Gasteiger partial charge in [0.1, 0.15) is 0 Å². The van der Waals surface area contributed by atoms with E-state index in [4.69, 9.17) is 4.74 Å². The van der Waals surface area contributed by atoms with E-state index >= 15 is 0 Å². The summed E-state index contributed by atoms with van der Waals surface area (Å²) in [4.78, 5) is 38.5. The standard InChI is InChI=1S/C28H26O4/c29-24(19-23(21-14-6-2-7-15-21)22-16-8-3-9-17-22)26-27(30)25(32-28(26)31)18-10-13-20-11-4-1-5-12-20/h1-9,11-12,14-17,23,25-26H,10,13,18-19H2. The number of aryl methyl sites for hydroxylation is 1. The molecule has 1 aliphatic heterocycles. The maximum Gasteiger partial charge on any atom is 0.325 e.